The average Bonchev–Trinajstić information content (AvgIpc) is 2.76. The van der Waals surface area contributed by atoms with E-state index in [1.165, 1.54) is 167 Å². The van der Waals surface area contributed by atoms with Gasteiger partial charge in [0.1, 0.15) is 0 Å². The van der Waals surface area contributed by atoms with Crippen molar-refractivity contribution in [3.63, 3.8) is 0 Å². The molecule has 0 saturated heterocycles. The maximum Gasteiger partial charge on any atom is 0.0512 e. The first-order valence-electron chi connectivity index (χ1n) is 15.0. The summed E-state index contributed by atoms with van der Waals surface area (Å²) in [6.45, 7) is 4.20. The highest BCUT2D eigenvalue weighted by Crippen LogP contribution is 2.16. The summed E-state index contributed by atoms with van der Waals surface area (Å²) >= 11 is 0. The summed E-state index contributed by atoms with van der Waals surface area (Å²) in [6.07, 6.45) is 38.4. The number of hydrogen-bond donors (Lipinski definition) is 1. The van der Waals surface area contributed by atoms with E-state index < -0.39 is 0 Å². The molecule has 0 spiro atoms. The zero-order valence-electron chi connectivity index (χ0n) is 22.1. The van der Waals surface area contributed by atoms with Crippen LogP contribution in [0.1, 0.15) is 187 Å². The predicted molar refractivity (Wildman–Crippen MR) is 142 cm³/mol. The van der Waals surface area contributed by atoms with Crippen LogP contribution in [0.4, 0.5) is 0 Å². The molecule has 1 nitrogen and oxygen atoms in total. The quantitative estimate of drug-likeness (QED) is 0.126. The third kappa shape index (κ3) is 30.0. The van der Waals surface area contributed by atoms with Gasteiger partial charge < -0.3 is 5.11 Å². The Balaban J connectivity index is 2.99. The summed E-state index contributed by atoms with van der Waals surface area (Å²) in [5, 5.41) is 9.24. The van der Waals surface area contributed by atoms with Crippen molar-refractivity contribution in [1.82, 2.24) is 0 Å². The zero-order valence-corrected chi connectivity index (χ0v) is 22.1. The molecule has 0 aliphatic rings. The van der Waals surface area contributed by atoms with Gasteiger partial charge in [-0.2, -0.15) is 0 Å². The average molecular weight is 439 g/mol. The van der Waals surface area contributed by atoms with Crippen molar-refractivity contribution in [2.45, 2.75) is 193 Å². The van der Waals surface area contributed by atoms with Crippen LogP contribution in [0.2, 0.25) is 0 Å². The summed E-state index contributed by atoms with van der Waals surface area (Å²) < 4.78 is 0. The van der Waals surface area contributed by atoms with Crippen LogP contribution < -0.4 is 0 Å². The van der Waals surface area contributed by atoms with E-state index in [-0.39, 0.29) is 6.10 Å². The third-order valence-corrected chi connectivity index (χ3v) is 6.98. The fourth-order valence-electron chi connectivity index (χ4n) is 4.76. The molecule has 0 unspecified atom stereocenters. The molecule has 0 aliphatic heterocycles. The first-order valence-corrected chi connectivity index (χ1v) is 15.0. The molecule has 0 aromatic rings. The highest BCUT2D eigenvalue weighted by atomic mass is 16.3. The normalized spacial score (nSPS) is 12.5. The van der Waals surface area contributed by atoms with Crippen LogP contribution >= 0.6 is 0 Å². The van der Waals surface area contributed by atoms with Crippen molar-refractivity contribution in [3.8, 4) is 0 Å². The number of hydrogen-bond acceptors (Lipinski definition) is 1. The molecule has 0 aromatic heterocycles. The number of aliphatic hydroxyl groups excluding tert-OH is 1. The van der Waals surface area contributed by atoms with Crippen molar-refractivity contribution in [3.05, 3.63) is 0 Å². The first kappa shape index (κ1) is 31.0. The van der Waals surface area contributed by atoms with E-state index in [0.717, 1.165) is 6.42 Å². The molecule has 0 bridgehead atoms. The molecule has 0 radical (unpaired) electrons. The Bertz CT molecular complexity index is 299. The molecule has 31 heavy (non-hydrogen) atoms. The van der Waals surface area contributed by atoms with Crippen LogP contribution in [0.25, 0.3) is 0 Å². The van der Waals surface area contributed by atoms with E-state index in [1.807, 2.05) is 6.92 Å². The minimum atomic E-state index is -0.102. The van der Waals surface area contributed by atoms with Gasteiger partial charge >= 0.3 is 0 Å². The van der Waals surface area contributed by atoms with Gasteiger partial charge in [0.25, 0.3) is 0 Å². The first-order chi connectivity index (χ1) is 15.3. The molecule has 0 heterocycles. The summed E-state index contributed by atoms with van der Waals surface area (Å²) in [7, 11) is 0. The van der Waals surface area contributed by atoms with Crippen molar-refractivity contribution < 1.29 is 5.11 Å². The Morgan fingerprint density at radius 3 is 0.742 bits per heavy atom. The van der Waals surface area contributed by atoms with Gasteiger partial charge in [0, 0.05) is 0 Å². The standard InChI is InChI=1S/C30H62O/c1-3-4-5-6-7-8-9-10-11-12-13-14-15-16-17-18-19-20-21-22-23-24-25-26-27-28-29-30(2)31/h30-31H,3-29H2,1-2H3/t30-/m0/s1. The molecule has 0 saturated carbocycles. The predicted octanol–water partition coefficient (Wildman–Crippen LogP) is 10.9. The van der Waals surface area contributed by atoms with Gasteiger partial charge in [-0.3, -0.25) is 0 Å². The van der Waals surface area contributed by atoms with Crippen LogP contribution in [-0.4, -0.2) is 11.2 Å². The van der Waals surface area contributed by atoms with Gasteiger partial charge in [-0.1, -0.05) is 174 Å². The molecule has 0 amide bonds. The monoisotopic (exact) mass is 438 g/mol. The second-order valence-electron chi connectivity index (χ2n) is 10.5. The molecule has 1 heteroatoms. The van der Waals surface area contributed by atoms with E-state index in [4.69, 9.17) is 0 Å². The number of unbranched alkanes of at least 4 members (excludes halogenated alkanes) is 25. The lowest BCUT2D eigenvalue weighted by atomic mass is 10.0. The Morgan fingerprint density at radius 2 is 0.548 bits per heavy atom. The SMILES string of the molecule is CCCCCCCCCCCCCCCCCCCCCCCCCCCC[C@H](C)O. The molecule has 188 valence electrons. The summed E-state index contributed by atoms with van der Waals surface area (Å²) in [5.41, 5.74) is 0. The van der Waals surface area contributed by atoms with Gasteiger partial charge in [0.2, 0.25) is 0 Å². The Hall–Kier alpha value is -0.0400. The van der Waals surface area contributed by atoms with E-state index >= 15 is 0 Å². The lowest BCUT2D eigenvalue weighted by molar-refractivity contribution is 0.180. The van der Waals surface area contributed by atoms with E-state index in [0.29, 0.717) is 0 Å². The lowest BCUT2D eigenvalue weighted by Gasteiger charge is -2.05. The molecule has 0 aliphatic carbocycles. The highest BCUT2D eigenvalue weighted by molar-refractivity contribution is 4.52. The summed E-state index contributed by atoms with van der Waals surface area (Å²) in [6, 6.07) is 0. The van der Waals surface area contributed by atoms with Gasteiger partial charge in [-0.05, 0) is 13.3 Å². The minimum Gasteiger partial charge on any atom is -0.393 e. The number of rotatable bonds is 27. The largest absolute Gasteiger partial charge is 0.393 e. The maximum atomic E-state index is 9.24. The smallest absolute Gasteiger partial charge is 0.0512 e. The summed E-state index contributed by atoms with van der Waals surface area (Å²) in [5.74, 6) is 0. The Labute approximate surface area is 198 Å². The molecular formula is C30H62O. The molecule has 0 rings (SSSR count). The summed E-state index contributed by atoms with van der Waals surface area (Å²) in [4.78, 5) is 0. The molecule has 1 N–H and O–H groups in total. The maximum absolute atomic E-state index is 9.24. The van der Waals surface area contributed by atoms with Crippen LogP contribution in [-0.2, 0) is 0 Å². The van der Waals surface area contributed by atoms with Gasteiger partial charge in [-0.15, -0.1) is 0 Å². The fourth-order valence-corrected chi connectivity index (χ4v) is 4.76. The second-order valence-corrected chi connectivity index (χ2v) is 10.5. The van der Waals surface area contributed by atoms with Gasteiger partial charge in [-0.25, -0.2) is 0 Å². The second kappa shape index (κ2) is 28.0. The Morgan fingerprint density at radius 1 is 0.355 bits per heavy atom. The molecular weight excluding hydrogens is 376 g/mol. The molecule has 0 aromatic carbocycles. The van der Waals surface area contributed by atoms with Crippen molar-refractivity contribution >= 4 is 0 Å². The molecule has 1 atom stereocenters. The fraction of sp³-hybridized carbons (Fsp3) is 1.00. The topological polar surface area (TPSA) is 20.2 Å². The zero-order chi connectivity index (χ0) is 22.7. The third-order valence-electron chi connectivity index (χ3n) is 6.98. The lowest BCUT2D eigenvalue weighted by Crippen LogP contribution is -1.98. The van der Waals surface area contributed by atoms with Crippen molar-refractivity contribution in [2.75, 3.05) is 0 Å². The van der Waals surface area contributed by atoms with E-state index in [9.17, 15) is 5.11 Å². The van der Waals surface area contributed by atoms with E-state index in [1.54, 1.807) is 0 Å². The minimum absolute atomic E-state index is 0.102. The highest BCUT2D eigenvalue weighted by Gasteiger charge is 1.97. The van der Waals surface area contributed by atoms with Crippen LogP contribution in [0.5, 0.6) is 0 Å². The number of aliphatic hydroxyl groups is 1. The Kier molecular flexibility index (Phi) is 28.0. The van der Waals surface area contributed by atoms with Gasteiger partial charge in [0.05, 0.1) is 6.10 Å². The van der Waals surface area contributed by atoms with Gasteiger partial charge in [0.15, 0.2) is 0 Å². The molecule has 0 fully saturated rings. The van der Waals surface area contributed by atoms with Crippen molar-refractivity contribution in [1.29, 1.82) is 0 Å². The van der Waals surface area contributed by atoms with Crippen LogP contribution in [0, 0.1) is 0 Å². The van der Waals surface area contributed by atoms with Crippen molar-refractivity contribution in [2.24, 2.45) is 0 Å². The van der Waals surface area contributed by atoms with Crippen LogP contribution in [0.3, 0.4) is 0 Å². The van der Waals surface area contributed by atoms with E-state index in [2.05, 4.69) is 6.92 Å². The van der Waals surface area contributed by atoms with Crippen LogP contribution in [0.15, 0.2) is 0 Å².